The Balaban J connectivity index is 1.50. The zero-order valence-electron chi connectivity index (χ0n) is 19.8. The summed E-state index contributed by atoms with van der Waals surface area (Å²) in [5.74, 6) is -1.95. The summed E-state index contributed by atoms with van der Waals surface area (Å²) in [6, 6.07) is 21.1. The van der Waals surface area contributed by atoms with Gasteiger partial charge in [0.2, 0.25) is 15.9 Å². The van der Waals surface area contributed by atoms with Crippen LogP contribution in [0.15, 0.2) is 83.8 Å². The Kier molecular flexibility index (Phi) is 7.69. The molecule has 1 heterocycles. The first kappa shape index (κ1) is 26.0. The molecule has 0 saturated carbocycles. The van der Waals surface area contributed by atoms with Gasteiger partial charge in [-0.15, -0.1) is 0 Å². The maximum absolute atomic E-state index is 13.2. The summed E-state index contributed by atoms with van der Waals surface area (Å²) in [5, 5.41) is 21.6. The van der Waals surface area contributed by atoms with Gasteiger partial charge in [0.1, 0.15) is 12.1 Å². The van der Waals surface area contributed by atoms with Crippen LogP contribution in [-0.4, -0.2) is 54.4 Å². The van der Waals surface area contributed by atoms with Gasteiger partial charge < -0.3 is 16.2 Å². The molecule has 1 aliphatic heterocycles. The summed E-state index contributed by atoms with van der Waals surface area (Å²) in [5.41, 5.74) is 8.75. The maximum Gasteiger partial charge on any atom is 0.326 e. The van der Waals surface area contributed by atoms with Crippen molar-refractivity contribution < 1.29 is 23.1 Å². The molecule has 0 unspecified atom stereocenters. The normalized spacial score (nSPS) is 18.6. The molecule has 1 fully saturated rings. The number of amides is 1. The van der Waals surface area contributed by atoms with Crippen LogP contribution in [0.25, 0.3) is 11.1 Å². The third-order valence-corrected chi connectivity index (χ3v) is 8.20. The summed E-state index contributed by atoms with van der Waals surface area (Å²) >= 11 is 0. The second-order valence-electron chi connectivity index (χ2n) is 8.86. The van der Waals surface area contributed by atoms with Crippen LogP contribution in [0.3, 0.4) is 0 Å². The number of nitrogens with two attached hydrogens (primary N) is 1. The van der Waals surface area contributed by atoms with Crippen molar-refractivity contribution in [2.24, 2.45) is 5.73 Å². The number of carboxylic acids is 1. The molecule has 3 aromatic rings. The SMILES string of the molecule is N#Cc1ccccc1-c1ccc(C[C@H](NC(=O)[C@@H]2C[C@H](N)CN2S(=O)(=O)c2ccccc2)C(=O)O)cc1. The van der Waals surface area contributed by atoms with Crippen LogP contribution >= 0.6 is 0 Å². The van der Waals surface area contributed by atoms with E-state index in [1.165, 1.54) is 12.1 Å². The van der Waals surface area contributed by atoms with E-state index in [0.29, 0.717) is 11.1 Å². The lowest BCUT2D eigenvalue weighted by Gasteiger charge is -2.25. The minimum atomic E-state index is -4.00. The van der Waals surface area contributed by atoms with Gasteiger partial charge in [0.05, 0.1) is 16.5 Å². The summed E-state index contributed by atoms with van der Waals surface area (Å²) in [6.45, 7) is -0.0430. The Bertz CT molecular complexity index is 1440. The lowest BCUT2D eigenvalue weighted by molar-refractivity contribution is -0.142. The number of carboxylic acid groups (broad SMARTS) is 1. The molecule has 37 heavy (non-hydrogen) atoms. The van der Waals surface area contributed by atoms with Crippen LogP contribution in [0, 0.1) is 11.3 Å². The molecular weight excluding hydrogens is 492 g/mol. The standard InChI is InChI=1S/C27H26N4O5S/c28-16-20-6-4-5-9-23(20)19-12-10-18(11-13-19)14-24(27(33)34)30-26(32)25-15-21(29)17-31(25)37(35,36)22-7-2-1-3-8-22/h1-13,21,24-25H,14-15,17,29H2,(H,30,32)(H,33,34)/t21-,24-,25-/m0/s1. The molecule has 1 saturated heterocycles. The molecule has 3 atom stereocenters. The summed E-state index contributed by atoms with van der Waals surface area (Å²) < 4.78 is 27.4. The van der Waals surface area contributed by atoms with Gasteiger partial charge >= 0.3 is 5.97 Å². The molecular formula is C27H26N4O5S. The van der Waals surface area contributed by atoms with Crippen LogP contribution in [0.1, 0.15) is 17.5 Å². The second-order valence-corrected chi connectivity index (χ2v) is 10.7. The van der Waals surface area contributed by atoms with Crippen molar-refractivity contribution in [2.75, 3.05) is 6.54 Å². The third kappa shape index (κ3) is 5.70. The van der Waals surface area contributed by atoms with Crippen molar-refractivity contribution in [3.05, 3.63) is 90.0 Å². The number of hydrogen-bond donors (Lipinski definition) is 3. The van der Waals surface area contributed by atoms with Crippen molar-refractivity contribution in [3.8, 4) is 17.2 Å². The molecule has 0 aromatic heterocycles. The monoisotopic (exact) mass is 518 g/mol. The Morgan fingerprint density at radius 2 is 1.70 bits per heavy atom. The highest BCUT2D eigenvalue weighted by Crippen LogP contribution is 2.27. The van der Waals surface area contributed by atoms with E-state index in [1.807, 2.05) is 12.1 Å². The number of sulfonamides is 1. The first-order valence-corrected chi connectivity index (χ1v) is 13.1. The number of nitrogens with one attached hydrogen (secondary N) is 1. The van der Waals surface area contributed by atoms with Gasteiger partial charge in [-0.05, 0) is 41.3 Å². The van der Waals surface area contributed by atoms with Crippen molar-refractivity contribution in [3.63, 3.8) is 0 Å². The highest BCUT2D eigenvalue weighted by atomic mass is 32.2. The van der Waals surface area contributed by atoms with Crippen LogP contribution in [0.5, 0.6) is 0 Å². The minimum absolute atomic E-state index is 0.00847. The largest absolute Gasteiger partial charge is 0.480 e. The van der Waals surface area contributed by atoms with Gasteiger partial charge in [-0.25, -0.2) is 13.2 Å². The fourth-order valence-corrected chi connectivity index (χ4v) is 6.10. The van der Waals surface area contributed by atoms with Crippen LogP contribution in [0.2, 0.25) is 0 Å². The first-order chi connectivity index (χ1) is 17.7. The number of carbonyl (C=O) groups excluding carboxylic acids is 1. The molecule has 0 spiro atoms. The zero-order valence-corrected chi connectivity index (χ0v) is 20.6. The highest BCUT2D eigenvalue weighted by molar-refractivity contribution is 7.89. The fraction of sp³-hybridized carbons (Fsp3) is 0.222. The third-order valence-electron chi connectivity index (χ3n) is 6.31. The number of aliphatic carboxylic acids is 1. The van der Waals surface area contributed by atoms with Crippen LogP contribution < -0.4 is 11.1 Å². The molecule has 0 aliphatic carbocycles. The zero-order chi connectivity index (χ0) is 26.6. The molecule has 0 radical (unpaired) electrons. The van der Waals surface area contributed by atoms with Gasteiger partial charge in [-0.1, -0.05) is 60.7 Å². The van der Waals surface area contributed by atoms with Crippen LogP contribution in [0.4, 0.5) is 0 Å². The molecule has 1 aliphatic rings. The molecule has 0 bridgehead atoms. The Morgan fingerprint density at radius 3 is 2.35 bits per heavy atom. The Labute approximate surface area is 215 Å². The van der Waals surface area contributed by atoms with E-state index in [1.54, 1.807) is 54.6 Å². The van der Waals surface area contributed by atoms with Crippen molar-refractivity contribution in [1.29, 1.82) is 5.26 Å². The summed E-state index contributed by atoms with van der Waals surface area (Å²) in [4.78, 5) is 25.1. The summed E-state index contributed by atoms with van der Waals surface area (Å²) in [6.07, 6.45) is 0.0721. The van der Waals surface area contributed by atoms with E-state index < -0.39 is 40.0 Å². The van der Waals surface area contributed by atoms with E-state index in [2.05, 4.69) is 11.4 Å². The Morgan fingerprint density at radius 1 is 1.05 bits per heavy atom. The van der Waals surface area contributed by atoms with E-state index in [4.69, 9.17) is 5.73 Å². The highest BCUT2D eigenvalue weighted by Gasteiger charge is 2.43. The summed E-state index contributed by atoms with van der Waals surface area (Å²) in [7, 11) is -4.00. The number of hydrogen-bond acceptors (Lipinski definition) is 6. The molecule has 190 valence electrons. The van der Waals surface area contributed by atoms with Crippen molar-refractivity contribution in [1.82, 2.24) is 9.62 Å². The smallest absolute Gasteiger partial charge is 0.326 e. The molecule has 4 N–H and O–H groups in total. The van der Waals surface area contributed by atoms with Gasteiger partial charge in [0, 0.05) is 19.0 Å². The average molecular weight is 519 g/mol. The predicted octanol–water partition coefficient (Wildman–Crippen LogP) is 2.13. The average Bonchev–Trinajstić information content (AvgIpc) is 3.32. The number of benzene rings is 3. The minimum Gasteiger partial charge on any atom is -0.480 e. The predicted molar refractivity (Wildman–Crippen MR) is 137 cm³/mol. The Hall–Kier alpha value is -4.04. The lowest BCUT2D eigenvalue weighted by Crippen LogP contribution is -2.51. The first-order valence-electron chi connectivity index (χ1n) is 11.6. The maximum atomic E-state index is 13.2. The van der Waals surface area contributed by atoms with Crippen molar-refractivity contribution in [2.45, 2.75) is 35.9 Å². The second kappa shape index (κ2) is 10.9. The van der Waals surface area contributed by atoms with Crippen LogP contribution in [-0.2, 0) is 26.0 Å². The van der Waals surface area contributed by atoms with E-state index in [-0.39, 0.29) is 24.3 Å². The number of nitrogens with zero attached hydrogens (tertiary/aromatic N) is 2. The molecule has 10 heteroatoms. The van der Waals surface area contributed by atoms with Gasteiger partial charge in [-0.3, -0.25) is 4.79 Å². The number of rotatable bonds is 8. The quantitative estimate of drug-likeness (QED) is 0.413. The topological polar surface area (TPSA) is 154 Å². The fourth-order valence-electron chi connectivity index (χ4n) is 4.42. The van der Waals surface area contributed by atoms with E-state index >= 15 is 0 Å². The number of nitriles is 1. The van der Waals surface area contributed by atoms with Gasteiger partial charge in [0.15, 0.2) is 0 Å². The van der Waals surface area contributed by atoms with Gasteiger partial charge in [-0.2, -0.15) is 9.57 Å². The number of carbonyl (C=O) groups is 2. The van der Waals surface area contributed by atoms with E-state index in [0.717, 1.165) is 15.4 Å². The van der Waals surface area contributed by atoms with E-state index in [9.17, 15) is 28.4 Å². The molecule has 4 rings (SSSR count). The molecule has 1 amide bonds. The van der Waals surface area contributed by atoms with Gasteiger partial charge in [0.25, 0.3) is 0 Å². The molecule has 9 nitrogen and oxygen atoms in total. The molecule has 3 aromatic carbocycles. The lowest BCUT2D eigenvalue weighted by atomic mass is 9.97. The van der Waals surface area contributed by atoms with Crippen molar-refractivity contribution >= 4 is 21.9 Å².